The summed E-state index contributed by atoms with van der Waals surface area (Å²) < 4.78 is 16.0. The highest BCUT2D eigenvalue weighted by atomic mass is 16.8. The maximum Gasteiger partial charge on any atom is 0.223 e. The number of methoxy groups -OCH3 is 1. The van der Waals surface area contributed by atoms with Crippen molar-refractivity contribution in [1.29, 1.82) is 0 Å². The van der Waals surface area contributed by atoms with Crippen molar-refractivity contribution in [1.82, 2.24) is 0 Å². The standard InChI is InChI=1S/C14H30N2O8/c1-7(4-15)10(19)12(21)14(6-17,22-2)24-13-11(20)9(18)3-8(5-16)23-13/h7-13,17-21H,3-6,15-16H2,1-2H3. The molecule has 144 valence electrons. The fraction of sp³-hybridized carbons (Fsp3) is 1.00. The van der Waals surface area contributed by atoms with Gasteiger partial charge in [-0.15, -0.1) is 0 Å². The van der Waals surface area contributed by atoms with Crippen molar-refractivity contribution in [3.63, 3.8) is 0 Å². The molecule has 0 amide bonds. The molecular formula is C14H30N2O8. The molecule has 0 spiro atoms. The molecule has 1 aliphatic rings. The topological polar surface area (TPSA) is 181 Å². The lowest BCUT2D eigenvalue weighted by atomic mass is 9.94. The molecule has 0 aromatic heterocycles. The molecule has 9 N–H and O–H groups in total. The number of hydrogen-bond donors (Lipinski definition) is 7. The predicted octanol–water partition coefficient (Wildman–Crippen LogP) is -3.55. The van der Waals surface area contributed by atoms with Crippen LogP contribution in [0.25, 0.3) is 0 Å². The molecular weight excluding hydrogens is 324 g/mol. The molecule has 24 heavy (non-hydrogen) atoms. The minimum atomic E-state index is -2.08. The quantitative estimate of drug-likeness (QED) is 0.205. The van der Waals surface area contributed by atoms with Gasteiger partial charge in [0.25, 0.3) is 0 Å². The summed E-state index contributed by atoms with van der Waals surface area (Å²) in [5.41, 5.74) is 11.0. The van der Waals surface area contributed by atoms with Crippen LogP contribution < -0.4 is 11.5 Å². The summed E-state index contributed by atoms with van der Waals surface area (Å²) in [7, 11) is 1.16. The van der Waals surface area contributed by atoms with Crippen LogP contribution in [-0.2, 0) is 14.2 Å². The second-order valence-electron chi connectivity index (χ2n) is 6.10. The normalized spacial score (nSPS) is 34.4. The average Bonchev–Trinajstić information content (AvgIpc) is 2.60. The maximum absolute atomic E-state index is 10.4. The number of aliphatic hydroxyl groups excluding tert-OH is 5. The Morgan fingerprint density at radius 1 is 1.29 bits per heavy atom. The Morgan fingerprint density at radius 3 is 2.38 bits per heavy atom. The zero-order valence-corrected chi connectivity index (χ0v) is 14.0. The number of hydrogen-bond acceptors (Lipinski definition) is 10. The van der Waals surface area contributed by atoms with Crippen molar-refractivity contribution in [3.8, 4) is 0 Å². The van der Waals surface area contributed by atoms with Crippen molar-refractivity contribution in [3.05, 3.63) is 0 Å². The molecule has 1 aliphatic heterocycles. The van der Waals surface area contributed by atoms with E-state index in [4.69, 9.17) is 25.7 Å². The highest BCUT2D eigenvalue weighted by Gasteiger charge is 2.49. The molecule has 1 rings (SSSR count). The first-order valence-corrected chi connectivity index (χ1v) is 7.88. The Labute approximate surface area is 140 Å². The number of aliphatic hydroxyl groups is 5. The average molecular weight is 354 g/mol. The lowest BCUT2D eigenvalue weighted by Gasteiger charge is -2.44. The van der Waals surface area contributed by atoms with Gasteiger partial charge in [-0.2, -0.15) is 0 Å². The molecule has 0 aliphatic carbocycles. The summed E-state index contributed by atoms with van der Waals surface area (Å²) >= 11 is 0. The van der Waals surface area contributed by atoms with E-state index in [1.165, 1.54) is 0 Å². The lowest BCUT2D eigenvalue weighted by Crippen LogP contribution is -2.62. The van der Waals surface area contributed by atoms with E-state index >= 15 is 0 Å². The third kappa shape index (κ3) is 4.61. The molecule has 1 fully saturated rings. The van der Waals surface area contributed by atoms with Gasteiger partial charge >= 0.3 is 0 Å². The van der Waals surface area contributed by atoms with Crippen LogP contribution in [0.2, 0.25) is 0 Å². The first-order valence-electron chi connectivity index (χ1n) is 7.88. The smallest absolute Gasteiger partial charge is 0.223 e. The van der Waals surface area contributed by atoms with Crippen molar-refractivity contribution in [2.24, 2.45) is 17.4 Å². The van der Waals surface area contributed by atoms with Crippen molar-refractivity contribution in [2.45, 2.75) is 55.9 Å². The Kier molecular flexibility index (Phi) is 8.42. The van der Waals surface area contributed by atoms with Crippen LogP contribution in [0.3, 0.4) is 0 Å². The number of rotatable bonds is 9. The van der Waals surface area contributed by atoms with Crippen LogP contribution in [0.4, 0.5) is 0 Å². The molecule has 10 nitrogen and oxygen atoms in total. The van der Waals surface area contributed by atoms with Crippen molar-refractivity contribution in [2.75, 3.05) is 26.8 Å². The molecule has 10 heteroatoms. The lowest BCUT2D eigenvalue weighted by molar-refractivity contribution is -0.384. The van der Waals surface area contributed by atoms with Crippen molar-refractivity contribution < 1.29 is 39.7 Å². The van der Waals surface area contributed by atoms with Gasteiger partial charge in [0.05, 0.1) is 18.3 Å². The molecule has 0 aromatic rings. The Morgan fingerprint density at radius 2 is 1.92 bits per heavy atom. The molecule has 0 bridgehead atoms. The van der Waals surface area contributed by atoms with Crippen LogP contribution in [-0.4, -0.2) is 94.9 Å². The summed E-state index contributed by atoms with van der Waals surface area (Å²) in [6.07, 6.45) is -7.52. The van der Waals surface area contributed by atoms with Gasteiger partial charge in [-0.3, -0.25) is 0 Å². The van der Waals surface area contributed by atoms with Gasteiger partial charge in [-0.25, -0.2) is 0 Å². The Bertz CT molecular complexity index is 371. The first-order chi connectivity index (χ1) is 11.3. The van der Waals surface area contributed by atoms with Gasteiger partial charge in [0, 0.05) is 20.1 Å². The SMILES string of the molecule is COC(CO)(OC1OC(CN)CC(O)C1O)C(O)C(O)C(C)CN. The third-order valence-electron chi connectivity index (χ3n) is 4.38. The van der Waals surface area contributed by atoms with E-state index in [9.17, 15) is 25.5 Å². The molecule has 0 aromatic carbocycles. The zero-order valence-electron chi connectivity index (χ0n) is 14.0. The van der Waals surface area contributed by atoms with Gasteiger partial charge in [0.2, 0.25) is 5.79 Å². The summed E-state index contributed by atoms with van der Waals surface area (Å²) in [6.45, 7) is 0.929. The highest BCUT2D eigenvalue weighted by molar-refractivity contribution is 4.90. The Hall–Kier alpha value is -0.400. The summed E-state index contributed by atoms with van der Waals surface area (Å²) in [6, 6.07) is 0. The van der Waals surface area contributed by atoms with E-state index in [1.54, 1.807) is 6.92 Å². The minimum Gasteiger partial charge on any atom is -0.391 e. The van der Waals surface area contributed by atoms with Gasteiger partial charge in [0.1, 0.15) is 18.8 Å². The van der Waals surface area contributed by atoms with E-state index in [1.807, 2.05) is 0 Å². The second kappa shape index (κ2) is 9.34. The third-order valence-corrected chi connectivity index (χ3v) is 4.38. The minimum absolute atomic E-state index is 0.0815. The Balaban J connectivity index is 2.97. The van der Waals surface area contributed by atoms with Crippen LogP contribution in [0, 0.1) is 5.92 Å². The number of nitrogens with two attached hydrogens (primary N) is 2. The first kappa shape index (κ1) is 21.6. The molecule has 8 unspecified atom stereocenters. The summed E-state index contributed by atoms with van der Waals surface area (Å²) in [5, 5.41) is 50.1. The van der Waals surface area contributed by atoms with E-state index in [0.717, 1.165) is 7.11 Å². The summed E-state index contributed by atoms with van der Waals surface area (Å²) in [5.74, 6) is -2.59. The fourth-order valence-electron chi connectivity index (χ4n) is 2.51. The van der Waals surface area contributed by atoms with E-state index in [2.05, 4.69) is 0 Å². The van der Waals surface area contributed by atoms with E-state index < -0.39 is 55.1 Å². The summed E-state index contributed by atoms with van der Waals surface area (Å²) in [4.78, 5) is 0. The van der Waals surface area contributed by atoms with Gasteiger partial charge in [0.15, 0.2) is 6.29 Å². The monoisotopic (exact) mass is 354 g/mol. The molecule has 1 saturated heterocycles. The van der Waals surface area contributed by atoms with E-state index in [-0.39, 0.29) is 19.5 Å². The highest BCUT2D eigenvalue weighted by Crippen LogP contribution is 2.29. The van der Waals surface area contributed by atoms with Gasteiger partial charge in [-0.1, -0.05) is 6.92 Å². The maximum atomic E-state index is 10.4. The predicted molar refractivity (Wildman–Crippen MR) is 82.5 cm³/mol. The van der Waals surface area contributed by atoms with Gasteiger partial charge in [-0.05, 0) is 12.5 Å². The molecule has 1 heterocycles. The molecule has 0 radical (unpaired) electrons. The van der Waals surface area contributed by atoms with Crippen LogP contribution in [0.1, 0.15) is 13.3 Å². The zero-order chi connectivity index (χ0) is 18.5. The van der Waals surface area contributed by atoms with E-state index in [0.29, 0.717) is 0 Å². The van der Waals surface area contributed by atoms with Crippen LogP contribution >= 0.6 is 0 Å². The largest absolute Gasteiger partial charge is 0.391 e. The second-order valence-corrected chi connectivity index (χ2v) is 6.10. The molecule has 8 atom stereocenters. The number of ether oxygens (including phenoxy) is 3. The van der Waals surface area contributed by atoms with Gasteiger partial charge < -0.3 is 51.2 Å². The fourth-order valence-corrected chi connectivity index (χ4v) is 2.51. The van der Waals surface area contributed by atoms with Crippen molar-refractivity contribution >= 4 is 0 Å². The van der Waals surface area contributed by atoms with Crippen LogP contribution in [0.5, 0.6) is 0 Å². The molecule has 0 saturated carbocycles. The van der Waals surface area contributed by atoms with Crippen LogP contribution in [0.15, 0.2) is 0 Å².